The Morgan fingerprint density at radius 3 is 2.45 bits per heavy atom. The molecular weight excluding hydrogens is 398 g/mol. The Bertz CT molecular complexity index is 1040. The molecule has 0 aliphatic carbocycles. The van der Waals surface area contributed by atoms with Crippen LogP contribution in [0.25, 0.3) is 0 Å². The largest absolute Gasteiger partial charge is 0.326 e. The number of Topliss-reactive ketones (excluding diaryl/α,β-unsaturated/α-hetero) is 1. The summed E-state index contributed by atoms with van der Waals surface area (Å²) in [5, 5.41) is 13.6. The molecule has 1 N–H and O–H groups in total. The van der Waals surface area contributed by atoms with E-state index in [0.717, 1.165) is 10.6 Å². The highest BCUT2D eigenvalue weighted by Crippen LogP contribution is 2.23. The molecule has 2 rings (SSSR count). The predicted molar refractivity (Wildman–Crippen MR) is 110 cm³/mol. The number of non-ortho nitro benzene ring substituents is 1. The van der Waals surface area contributed by atoms with Crippen LogP contribution >= 0.6 is 0 Å². The van der Waals surface area contributed by atoms with E-state index >= 15 is 0 Å². The molecule has 2 aromatic rings. The highest BCUT2D eigenvalue weighted by atomic mass is 32.2. The van der Waals surface area contributed by atoms with E-state index in [1.54, 1.807) is 24.3 Å². The number of rotatable bonds is 9. The minimum absolute atomic E-state index is 0.0130. The second kappa shape index (κ2) is 9.28. The number of nitro groups is 1. The minimum atomic E-state index is -3.69. The Hall–Kier alpha value is -3.27. The molecule has 0 fully saturated rings. The first-order chi connectivity index (χ1) is 13.6. The van der Waals surface area contributed by atoms with E-state index in [0.29, 0.717) is 11.3 Å². The van der Waals surface area contributed by atoms with Crippen LogP contribution in [0.3, 0.4) is 0 Å². The lowest BCUT2D eigenvalue weighted by Gasteiger charge is -2.22. The van der Waals surface area contributed by atoms with Crippen molar-refractivity contribution in [3.8, 4) is 0 Å². The van der Waals surface area contributed by atoms with Crippen molar-refractivity contribution in [2.45, 2.75) is 19.8 Å². The maximum atomic E-state index is 12.2. The molecule has 2 aromatic carbocycles. The fourth-order valence-electron chi connectivity index (χ4n) is 2.67. The molecule has 0 aliphatic rings. The summed E-state index contributed by atoms with van der Waals surface area (Å²) in [7, 11) is -3.69. The molecule has 0 saturated carbocycles. The Morgan fingerprint density at radius 1 is 1.14 bits per heavy atom. The summed E-state index contributed by atoms with van der Waals surface area (Å²) in [6.07, 6.45) is 1.23. The van der Waals surface area contributed by atoms with E-state index in [1.807, 2.05) is 0 Å². The number of anilines is 2. The smallest absolute Gasteiger partial charge is 0.271 e. The lowest BCUT2D eigenvalue weighted by Crippen LogP contribution is -2.31. The Balaban J connectivity index is 2.03. The molecule has 0 aliphatic heterocycles. The van der Waals surface area contributed by atoms with E-state index in [-0.39, 0.29) is 42.5 Å². The molecule has 154 valence electrons. The molecule has 0 radical (unpaired) electrons. The summed E-state index contributed by atoms with van der Waals surface area (Å²) in [4.78, 5) is 33.9. The fraction of sp³-hybridized carbons (Fsp3) is 0.263. The van der Waals surface area contributed by atoms with Gasteiger partial charge in [0.1, 0.15) is 0 Å². The van der Waals surface area contributed by atoms with Crippen molar-refractivity contribution in [3.05, 3.63) is 64.2 Å². The number of hydrogen-bond donors (Lipinski definition) is 1. The maximum absolute atomic E-state index is 12.2. The molecule has 0 spiro atoms. The van der Waals surface area contributed by atoms with Crippen molar-refractivity contribution in [2.75, 3.05) is 22.4 Å². The third-order valence-electron chi connectivity index (χ3n) is 4.05. The summed E-state index contributed by atoms with van der Waals surface area (Å²) in [6.45, 7) is 1.41. The highest BCUT2D eigenvalue weighted by molar-refractivity contribution is 7.92. The number of sulfonamides is 1. The molecule has 10 heteroatoms. The van der Waals surface area contributed by atoms with E-state index in [2.05, 4.69) is 5.32 Å². The van der Waals surface area contributed by atoms with Crippen LogP contribution in [0.5, 0.6) is 0 Å². The van der Waals surface area contributed by atoms with E-state index in [9.17, 15) is 28.1 Å². The average Bonchev–Trinajstić information content (AvgIpc) is 2.64. The maximum Gasteiger partial charge on any atom is 0.271 e. The van der Waals surface area contributed by atoms with E-state index in [4.69, 9.17) is 0 Å². The lowest BCUT2D eigenvalue weighted by molar-refractivity contribution is -0.384. The summed E-state index contributed by atoms with van der Waals surface area (Å²) < 4.78 is 25.2. The van der Waals surface area contributed by atoms with Gasteiger partial charge in [0, 0.05) is 36.3 Å². The Kier molecular flexibility index (Phi) is 7.05. The molecule has 9 nitrogen and oxygen atoms in total. The molecule has 1 amide bonds. The predicted octanol–water partition coefficient (Wildman–Crippen LogP) is 2.98. The van der Waals surface area contributed by atoms with Gasteiger partial charge in [0.2, 0.25) is 15.9 Å². The minimum Gasteiger partial charge on any atom is -0.326 e. The summed E-state index contributed by atoms with van der Waals surface area (Å²) in [5.74, 6) is -0.458. The van der Waals surface area contributed by atoms with Gasteiger partial charge in [-0.2, -0.15) is 0 Å². The first-order valence-electron chi connectivity index (χ1n) is 8.71. The van der Waals surface area contributed by atoms with Gasteiger partial charge in [-0.05, 0) is 31.5 Å². The lowest BCUT2D eigenvalue weighted by atomic mass is 10.1. The quantitative estimate of drug-likeness (QED) is 0.378. The SMILES string of the molecule is CC(=O)c1cccc(NC(=O)CCCN(c2cccc([N+](=O)[O-])c2)S(C)(=O)=O)c1. The van der Waals surface area contributed by atoms with Crippen molar-refractivity contribution in [1.29, 1.82) is 0 Å². The van der Waals surface area contributed by atoms with Crippen LogP contribution in [0, 0.1) is 10.1 Å². The van der Waals surface area contributed by atoms with Crippen LogP contribution < -0.4 is 9.62 Å². The van der Waals surface area contributed by atoms with E-state index < -0.39 is 14.9 Å². The van der Waals surface area contributed by atoms with E-state index in [1.165, 1.54) is 31.2 Å². The molecule has 29 heavy (non-hydrogen) atoms. The first-order valence-corrected chi connectivity index (χ1v) is 10.6. The van der Waals surface area contributed by atoms with Crippen LogP contribution in [0.1, 0.15) is 30.1 Å². The highest BCUT2D eigenvalue weighted by Gasteiger charge is 2.20. The second-order valence-electron chi connectivity index (χ2n) is 6.40. The van der Waals surface area contributed by atoms with Crippen LogP contribution in [-0.2, 0) is 14.8 Å². The monoisotopic (exact) mass is 419 g/mol. The molecule has 0 heterocycles. The Morgan fingerprint density at radius 2 is 1.83 bits per heavy atom. The molecule has 0 aromatic heterocycles. The van der Waals surface area contributed by atoms with Gasteiger partial charge in [-0.25, -0.2) is 8.42 Å². The van der Waals surface area contributed by atoms with Crippen molar-refractivity contribution < 1.29 is 22.9 Å². The normalized spacial score (nSPS) is 11.0. The average molecular weight is 419 g/mol. The van der Waals surface area contributed by atoms with Gasteiger partial charge in [-0.3, -0.25) is 24.0 Å². The summed E-state index contributed by atoms with van der Waals surface area (Å²) >= 11 is 0. The molecule has 0 atom stereocenters. The van der Waals surface area contributed by atoms with Crippen molar-refractivity contribution in [2.24, 2.45) is 0 Å². The number of carbonyl (C=O) groups is 2. The number of nitro benzene ring substituents is 1. The van der Waals surface area contributed by atoms with Gasteiger partial charge in [-0.1, -0.05) is 18.2 Å². The fourth-order valence-corrected chi connectivity index (χ4v) is 3.63. The van der Waals surface area contributed by atoms with Gasteiger partial charge in [0.05, 0.1) is 16.9 Å². The Labute approximate surface area is 168 Å². The van der Waals surface area contributed by atoms with Crippen LogP contribution in [-0.4, -0.2) is 37.8 Å². The molecular formula is C19H21N3O6S. The van der Waals surface area contributed by atoms with Gasteiger partial charge in [0.25, 0.3) is 5.69 Å². The number of benzene rings is 2. The number of nitrogens with one attached hydrogen (secondary N) is 1. The molecule has 0 bridgehead atoms. The number of carbonyl (C=O) groups excluding carboxylic acids is 2. The van der Waals surface area contributed by atoms with Crippen molar-refractivity contribution in [1.82, 2.24) is 0 Å². The van der Waals surface area contributed by atoms with Crippen molar-refractivity contribution >= 4 is 38.8 Å². The van der Waals surface area contributed by atoms with Gasteiger partial charge >= 0.3 is 0 Å². The molecule has 0 unspecified atom stereocenters. The zero-order chi connectivity index (χ0) is 21.6. The summed E-state index contributed by atoms with van der Waals surface area (Å²) in [5.41, 5.74) is 0.883. The number of hydrogen-bond acceptors (Lipinski definition) is 6. The van der Waals surface area contributed by atoms with Gasteiger partial charge in [0.15, 0.2) is 5.78 Å². The van der Waals surface area contributed by atoms with Crippen molar-refractivity contribution in [3.63, 3.8) is 0 Å². The number of nitrogens with zero attached hydrogens (tertiary/aromatic N) is 2. The first kappa shape index (κ1) is 22.0. The second-order valence-corrected chi connectivity index (χ2v) is 8.31. The zero-order valence-electron chi connectivity index (χ0n) is 16.0. The van der Waals surface area contributed by atoms with Gasteiger partial charge < -0.3 is 5.32 Å². The number of amides is 1. The third kappa shape index (κ3) is 6.39. The third-order valence-corrected chi connectivity index (χ3v) is 5.24. The zero-order valence-corrected chi connectivity index (χ0v) is 16.8. The molecule has 0 saturated heterocycles. The van der Waals surface area contributed by atoms with Crippen LogP contribution in [0.4, 0.5) is 17.1 Å². The van der Waals surface area contributed by atoms with Crippen LogP contribution in [0.2, 0.25) is 0 Å². The summed E-state index contributed by atoms with van der Waals surface area (Å²) in [6, 6.07) is 11.8. The number of ketones is 1. The topological polar surface area (TPSA) is 127 Å². The van der Waals surface area contributed by atoms with Gasteiger partial charge in [-0.15, -0.1) is 0 Å². The van der Waals surface area contributed by atoms with Crippen LogP contribution in [0.15, 0.2) is 48.5 Å². The standard InChI is InChI=1S/C19H21N3O6S/c1-14(23)15-6-3-7-16(12-15)20-19(24)10-5-11-21(29(2,27)28)17-8-4-9-18(13-17)22(25)26/h3-4,6-9,12-13H,5,10-11H2,1-2H3,(H,20,24).